The number of nitrogens with one attached hydrogen (secondary N) is 1. The molecule has 2 atom stereocenters. The van der Waals surface area contributed by atoms with Crippen LogP contribution in [0.15, 0.2) is 18.2 Å². The smallest absolute Gasteiger partial charge is 0.126 e. The summed E-state index contributed by atoms with van der Waals surface area (Å²) in [7, 11) is 2.01. The summed E-state index contributed by atoms with van der Waals surface area (Å²) in [5.74, 6) is 0.354. The van der Waals surface area contributed by atoms with E-state index in [4.69, 9.17) is 0 Å². The van der Waals surface area contributed by atoms with Crippen molar-refractivity contribution in [2.24, 2.45) is 0 Å². The largest absolute Gasteiger partial charge is 0.317 e. The van der Waals surface area contributed by atoms with Crippen molar-refractivity contribution in [1.29, 1.82) is 0 Å². The highest BCUT2D eigenvalue weighted by atomic mass is 19.1. The Morgan fingerprint density at radius 1 is 1.24 bits per heavy atom. The minimum absolute atomic E-state index is 0.0302. The fourth-order valence-corrected chi connectivity index (χ4v) is 2.88. The van der Waals surface area contributed by atoms with Crippen molar-refractivity contribution < 1.29 is 4.39 Å². The van der Waals surface area contributed by atoms with Crippen LogP contribution in [0.3, 0.4) is 0 Å². The fraction of sp³-hybridized carbons (Fsp3) is 0.600. The van der Waals surface area contributed by atoms with Gasteiger partial charge < -0.3 is 5.32 Å². The first kappa shape index (κ1) is 12.6. The van der Waals surface area contributed by atoms with Crippen LogP contribution in [0.4, 0.5) is 4.39 Å². The Morgan fingerprint density at radius 2 is 2.00 bits per heavy atom. The lowest BCUT2D eigenvalue weighted by Gasteiger charge is -2.20. The molecule has 1 aliphatic rings. The van der Waals surface area contributed by atoms with Crippen LogP contribution in [0.2, 0.25) is 0 Å². The summed E-state index contributed by atoms with van der Waals surface area (Å²) in [6, 6.07) is 6.04. The lowest BCUT2D eigenvalue weighted by atomic mass is 9.89. The van der Waals surface area contributed by atoms with Crippen LogP contribution in [0.5, 0.6) is 0 Å². The van der Waals surface area contributed by atoms with Crippen LogP contribution in [-0.2, 0) is 0 Å². The molecule has 2 unspecified atom stereocenters. The third-order valence-corrected chi connectivity index (χ3v) is 3.92. The molecule has 0 saturated heterocycles. The molecule has 1 nitrogen and oxygen atoms in total. The van der Waals surface area contributed by atoms with Crippen molar-refractivity contribution in [2.75, 3.05) is 7.05 Å². The van der Waals surface area contributed by atoms with Gasteiger partial charge in [-0.3, -0.25) is 0 Å². The molecule has 1 fully saturated rings. The number of hydrogen-bond acceptors (Lipinski definition) is 1. The van der Waals surface area contributed by atoms with Gasteiger partial charge in [-0.05, 0) is 50.8 Å². The summed E-state index contributed by atoms with van der Waals surface area (Å²) in [5.41, 5.74) is 2.08. The first-order valence-corrected chi connectivity index (χ1v) is 6.64. The second-order valence-corrected chi connectivity index (χ2v) is 5.23. The topological polar surface area (TPSA) is 12.0 Å². The van der Waals surface area contributed by atoms with Gasteiger partial charge in [0.05, 0.1) is 0 Å². The maximum absolute atomic E-state index is 13.9. The molecule has 0 aliphatic heterocycles. The van der Waals surface area contributed by atoms with Crippen molar-refractivity contribution in [3.63, 3.8) is 0 Å². The molecule has 2 rings (SSSR count). The van der Waals surface area contributed by atoms with Gasteiger partial charge in [-0.25, -0.2) is 4.39 Å². The van der Waals surface area contributed by atoms with Gasteiger partial charge in [0.1, 0.15) is 5.82 Å². The van der Waals surface area contributed by atoms with Gasteiger partial charge in [-0.15, -0.1) is 0 Å². The van der Waals surface area contributed by atoms with E-state index in [-0.39, 0.29) is 5.82 Å². The standard InChI is InChI=1S/C15H22FN/c1-11-7-8-15(16)14(9-11)12-5-3-4-6-13(10-12)17-2/h7-9,12-13,17H,3-6,10H2,1-2H3. The van der Waals surface area contributed by atoms with Crippen LogP contribution in [0.1, 0.15) is 49.1 Å². The Morgan fingerprint density at radius 3 is 2.76 bits per heavy atom. The molecule has 94 valence electrons. The predicted molar refractivity (Wildman–Crippen MR) is 69.8 cm³/mol. The summed E-state index contributed by atoms with van der Waals surface area (Å²) in [5, 5.41) is 3.36. The van der Waals surface area contributed by atoms with E-state index >= 15 is 0 Å². The maximum Gasteiger partial charge on any atom is 0.126 e. The minimum atomic E-state index is -0.0302. The van der Waals surface area contributed by atoms with Gasteiger partial charge in [-0.1, -0.05) is 30.5 Å². The molecule has 0 aromatic heterocycles. The Kier molecular flexibility index (Phi) is 4.16. The molecular weight excluding hydrogens is 213 g/mol. The van der Waals surface area contributed by atoms with E-state index in [0.29, 0.717) is 12.0 Å². The highest BCUT2D eigenvalue weighted by Gasteiger charge is 2.22. The molecule has 17 heavy (non-hydrogen) atoms. The summed E-state index contributed by atoms with van der Waals surface area (Å²) < 4.78 is 13.9. The number of hydrogen-bond donors (Lipinski definition) is 1. The van der Waals surface area contributed by atoms with E-state index in [2.05, 4.69) is 5.32 Å². The van der Waals surface area contributed by atoms with Crippen LogP contribution < -0.4 is 5.32 Å². The Labute approximate surface area is 103 Å². The minimum Gasteiger partial charge on any atom is -0.317 e. The molecule has 0 radical (unpaired) electrons. The first-order valence-electron chi connectivity index (χ1n) is 6.64. The molecule has 2 heteroatoms. The van der Waals surface area contributed by atoms with Crippen molar-refractivity contribution in [2.45, 2.75) is 51.0 Å². The summed E-state index contributed by atoms with van der Waals surface area (Å²) in [6.07, 6.45) is 5.89. The zero-order valence-electron chi connectivity index (χ0n) is 10.8. The van der Waals surface area contributed by atoms with Gasteiger partial charge in [0, 0.05) is 6.04 Å². The molecule has 1 N–H and O–H groups in total. The van der Waals surface area contributed by atoms with Gasteiger partial charge in [0.15, 0.2) is 0 Å². The van der Waals surface area contributed by atoms with Gasteiger partial charge in [0.2, 0.25) is 0 Å². The van der Waals surface area contributed by atoms with E-state index in [9.17, 15) is 4.39 Å². The van der Waals surface area contributed by atoms with Gasteiger partial charge in [-0.2, -0.15) is 0 Å². The Hall–Kier alpha value is -0.890. The zero-order valence-corrected chi connectivity index (χ0v) is 10.8. The van der Waals surface area contributed by atoms with E-state index in [1.54, 1.807) is 6.07 Å². The number of rotatable bonds is 2. The van der Waals surface area contributed by atoms with Crippen LogP contribution in [0.25, 0.3) is 0 Å². The van der Waals surface area contributed by atoms with E-state index in [0.717, 1.165) is 24.0 Å². The summed E-state index contributed by atoms with van der Waals surface area (Å²) >= 11 is 0. The van der Waals surface area contributed by atoms with Crippen LogP contribution in [0, 0.1) is 12.7 Å². The van der Waals surface area contributed by atoms with Crippen LogP contribution >= 0.6 is 0 Å². The molecule has 1 saturated carbocycles. The van der Waals surface area contributed by atoms with E-state index in [1.165, 1.54) is 19.3 Å². The van der Waals surface area contributed by atoms with E-state index < -0.39 is 0 Å². The molecule has 0 bridgehead atoms. The number of benzene rings is 1. The average molecular weight is 235 g/mol. The van der Waals surface area contributed by atoms with Gasteiger partial charge >= 0.3 is 0 Å². The van der Waals surface area contributed by atoms with Crippen LogP contribution in [-0.4, -0.2) is 13.1 Å². The van der Waals surface area contributed by atoms with E-state index in [1.807, 2.05) is 26.1 Å². The quantitative estimate of drug-likeness (QED) is 0.769. The molecule has 1 aromatic carbocycles. The summed E-state index contributed by atoms with van der Waals surface area (Å²) in [4.78, 5) is 0. The SMILES string of the molecule is CNC1CCCCC(c2cc(C)ccc2F)C1. The highest BCUT2D eigenvalue weighted by Crippen LogP contribution is 2.33. The summed E-state index contributed by atoms with van der Waals surface area (Å²) in [6.45, 7) is 2.04. The maximum atomic E-state index is 13.9. The first-order chi connectivity index (χ1) is 8.20. The molecule has 0 spiro atoms. The van der Waals surface area contributed by atoms with Crippen molar-refractivity contribution in [3.8, 4) is 0 Å². The molecule has 1 aliphatic carbocycles. The Balaban J connectivity index is 2.21. The lowest BCUT2D eigenvalue weighted by molar-refractivity contribution is 0.460. The second-order valence-electron chi connectivity index (χ2n) is 5.23. The third kappa shape index (κ3) is 3.06. The number of aryl methyl sites for hydroxylation is 1. The number of halogens is 1. The zero-order chi connectivity index (χ0) is 12.3. The fourth-order valence-electron chi connectivity index (χ4n) is 2.88. The normalized spacial score (nSPS) is 25.6. The highest BCUT2D eigenvalue weighted by molar-refractivity contribution is 5.27. The molecule has 0 amide bonds. The van der Waals surface area contributed by atoms with Crippen molar-refractivity contribution in [3.05, 3.63) is 35.1 Å². The Bertz CT molecular complexity index is 375. The lowest BCUT2D eigenvalue weighted by Crippen LogP contribution is -2.26. The molecule has 0 heterocycles. The molecule has 1 aromatic rings. The second kappa shape index (κ2) is 5.63. The van der Waals surface area contributed by atoms with Crippen molar-refractivity contribution >= 4 is 0 Å². The molecular formula is C15H22FN. The predicted octanol–water partition coefficient (Wildman–Crippen LogP) is 3.77. The van der Waals surface area contributed by atoms with Gasteiger partial charge in [0.25, 0.3) is 0 Å². The van der Waals surface area contributed by atoms with Crippen molar-refractivity contribution in [1.82, 2.24) is 5.32 Å². The average Bonchev–Trinajstić information content (AvgIpc) is 2.57. The third-order valence-electron chi connectivity index (χ3n) is 3.92. The monoisotopic (exact) mass is 235 g/mol.